The van der Waals surface area contributed by atoms with Crippen LogP contribution in [-0.2, 0) is 4.74 Å². The molecule has 0 saturated carbocycles. The number of phenols is 2. The first-order valence-corrected chi connectivity index (χ1v) is 10.1. The van der Waals surface area contributed by atoms with Gasteiger partial charge in [0, 0.05) is 17.2 Å². The van der Waals surface area contributed by atoms with Crippen LogP contribution in [0.4, 0.5) is 0 Å². The van der Waals surface area contributed by atoms with E-state index in [0.29, 0.717) is 16.7 Å². The van der Waals surface area contributed by atoms with Gasteiger partial charge in [-0.2, -0.15) is 0 Å². The van der Waals surface area contributed by atoms with Crippen molar-refractivity contribution in [2.24, 2.45) is 0 Å². The van der Waals surface area contributed by atoms with Crippen LogP contribution in [0.3, 0.4) is 0 Å². The van der Waals surface area contributed by atoms with E-state index < -0.39 is 42.6 Å². The highest BCUT2D eigenvalue weighted by molar-refractivity contribution is 5.90. The molecule has 5 unspecified atom stereocenters. The average Bonchev–Trinajstić information content (AvgIpc) is 2.77. The van der Waals surface area contributed by atoms with Crippen molar-refractivity contribution < 1.29 is 39.8 Å². The molecule has 170 valence electrons. The molecule has 0 amide bonds. The van der Waals surface area contributed by atoms with Crippen molar-refractivity contribution in [3.05, 3.63) is 57.2 Å². The molecule has 9 heteroatoms. The molecule has 9 nitrogen and oxygen atoms in total. The third-order valence-electron chi connectivity index (χ3n) is 6.08. The third kappa shape index (κ3) is 3.44. The Morgan fingerprint density at radius 3 is 2.22 bits per heavy atom. The van der Waals surface area contributed by atoms with E-state index >= 15 is 0 Å². The number of hydrogen-bond acceptors (Lipinski definition) is 9. The van der Waals surface area contributed by atoms with Gasteiger partial charge in [0.1, 0.15) is 58.7 Å². The van der Waals surface area contributed by atoms with E-state index in [-0.39, 0.29) is 33.8 Å². The topological polar surface area (TPSA) is 161 Å². The third-order valence-corrected chi connectivity index (χ3v) is 6.08. The number of ether oxygens (including phenoxy) is 1. The van der Waals surface area contributed by atoms with Crippen LogP contribution < -0.4 is 5.43 Å². The molecular weight excluding hydrogens is 420 g/mol. The van der Waals surface area contributed by atoms with E-state index in [1.807, 2.05) is 0 Å². The van der Waals surface area contributed by atoms with Crippen LogP contribution in [0, 0.1) is 13.8 Å². The number of phenolic OH excluding ortho intramolecular Hbond substituents is 2. The van der Waals surface area contributed by atoms with Gasteiger partial charge in [0.2, 0.25) is 0 Å². The van der Waals surface area contributed by atoms with Gasteiger partial charge in [0.05, 0.1) is 6.61 Å². The minimum Gasteiger partial charge on any atom is -0.508 e. The molecule has 0 bridgehead atoms. The number of fused-ring (bicyclic) bond motifs is 1. The van der Waals surface area contributed by atoms with E-state index in [1.165, 1.54) is 18.2 Å². The lowest BCUT2D eigenvalue weighted by atomic mass is 9.86. The zero-order valence-corrected chi connectivity index (χ0v) is 17.4. The van der Waals surface area contributed by atoms with Gasteiger partial charge in [-0.05, 0) is 49.2 Å². The van der Waals surface area contributed by atoms with Gasteiger partial charge in [-0.3, -0.25) is 4.79 Å². The fraction of sp³-hybridized carbons (Fsp3) is 0.348. The van der Waals surface area contributed by atoms with Crippen molar-refractivity contribution in [3.63, 3.8) is 0 Å². The number of aliphatic hydroxyl groups excluding tert-OH is 4. The van der Waals surface area contributed by atoms with Gasteiger partial charge in [-0.25, -0.2) is 0 Å². The zero-order chi connectivity index (χ0) is 23.3. The fourth-order valence-electron chi connectivity index (χ4n) is 4.10. The van der Waals surface area contributed by atoms with Gasteiger partial charge in [0.25, 0.3) is 0 Å². The summed E-state index contributed by atoms with van der Waals surface area (Å²) in [6.45, 7) is 2.61. The van der Waals surface area contributed by atoms with Crippen molar-refractivity contribution in [2.75, 3.05) is 6.61 Å². The lowest BCUT2D eigenvalue weighted by Gasteiger charge is -2.40. The lowest BCUT2D eigenvalue weighted by molar-refractivity contribution is -0.231. The highest BCUT2D eigenvalue weighted by atomic mass is 16.5. The SMILES string of the molecule is Cc1c(C)c(O)c2c(=O)cc(-c3ccc(O)cc3)oc2c1C1OC(CO)C(O)C(O)C1O. The second-order valence-corrected chi connectivity index (χ2v) is 7.99. The lowest BCUT2D eigenvalue weighted by Crippen LogP contribution is -2.55. The molecule has 3 aromatic rings. The summed E-state index contributed by atoms with van der Waals surface area (Å²) in [5.41, 5.74) is 0.912. The molecule has 32 heavy (non-hydrogen) atoms. The van der Waals surface area contributed by atoms with Crippen molar-refractivity contribution in [1.82, 2.24) is 0 Å². The van der Waals surface area contributed by atoms with Crippen molar-refractivity contribution >= 4 is 11.0 Å². The highest BCUT2D eigenvalue weighted by Crippen LogP contribution is 2.42. The largest absolute Gasteiger partial charge is 0.508 e. The molecule has 2 aromatic carbocycles. The molecule has 1 saturated heterocycles. The summed E-state index contributed by atoms with van der Waals surface area (Å²) in [7, 11) is 0. The van der Waals surface area contributed by atoms with Crippen LogP contribution in [0.1, 0.15) is 22.8 Å². The molecule has 4 rings (SSSR count). The number of aliphatic hydroxyl groups is 4. The molecule has 0 spiro atoms. The molecule has 1 aliphatic rings. The van der Waals surface area contributed by atoms with Crippen molar-refractivity contribution in [2.45, 2.75) is 44.4 Å². The van der Waals surface area contributed by atoms with E-state index in [1.54, 1.807) is 26.0 Å². The minimum absolute atomic E-state index is 0.0306. The molecule has 1 fully saturated rings. The van der Waals surface area contributed by atoms with Gasteiger partial charge >= 0.3 is 0 Å². The second-order valence-electron chi connectivity index (χ2n) is 7.99. The van der Waals surface area contributed by atoms with Gasteiger partial charge in [-0.15, -0.1) is 0 Å². The summed E-state index contributed by atoms with van der Waals surface area (Å²) in [4.78, 5) is 13.0. The maximum atomic E-state index is 13.0. The fourth-order valence-corrected chi connectivity index (χ4v) is 4.10. The van der Waals surface area contributed by atoms with Crippen LogP contribution in [-0.4, -0.2) is 61.7 Å². The standard InChI is InChI=1S/C23H24O9/c1-9-10(2)18(27)17-13(26)7-14(11-3-5-12(25)6-4-11)31-22(17)16(9)23-21(30)20(29)19(28)15(8-24)32-23/h3-7,15,19-21,23-25,27-30H,8H2,1-2H3. The monoisotopic (exact) mass is 444 g/mol. The molecule has 1 aromatic heterocycles. The number of benzene rings is 2. The van der Waals surface area contributed by atoms with Crippen molar-refractivity contribution in [3.8, 4) is 22.8 Å². The molecule has 6 N–H and O–H groups in total. The van der Waals surface area contributed by atoms with Gasteiger partial charge in [-0.1, -0.05) is 0 Å². The second kappa shape index (κ2) is 8.19. The summed E-state index contributed by atoms with van der Waals surface area (Å²) in [6, 6.07) is 7.16. The van der Waals surface area contributed by atoms with Crippen LogP contribution >= 0.6 is 0 Å². The molecular formula is C23H24O9. The predicted molar refractivity (Wildman–Crippen MR) is 113 cm³/mol. The van der Waals surface area contributed by atoms with Crippen LogP contribution in [0.2, 0.25) is 0 Å². The maximum absolute atomic E-state index is 13.0. The Balaban J connectivity index is 2.01. The summed E-state index contributed by atoms with van der Waals surface area (Å²) < 4.78 is 11.7. The Morgan fingerprint density at radius 1 is 0.938 bits per heavy atom. The first-order valence-electron chi connectivity index (χ1n) is 10.1. The average molecular weight is 444 g/mol. The van der Waals surface area contributed by atoms with Crippen LogP contribution in [0.5, 0.6) is 11.5 Å². The number of aromatic hydroxyl groups is 2. The predicted octanol–water partition coefficient (Wildman–Crippen LogP) is 1.00. The minimum atomic E-state index is -1.62. The van der Waals surface area contributed by atoms with E-state index in [2.05, 4.69) is 0 Å². The van der Waals surface area contributed by atoms with Crippen LogP contribution in [0.25, 0.3) is 22.3 Å². The molecule has 0 aliphatic carbocycles. The molecule has 1 aliphatic heterocycles. The first kappa shape index (κ1) is 22.3. The Kier molecular flexibility index (Phi) is 5.70. The molecule has 0 radical (unpaired) electrons. The van der Waals surface area contributed by atoms with E-state index in [4.69, 9.17) is 9.15 Å². The van der Waals surface area contributed by atoms with Gasteiger partial charge in [0.15, 0.2) is 5.43 Å². The Labute approximate surface area is 182 Å². The molecule has 2 heterocycles. The highest BCUT2D eigenvalue weighted by Gasteiger charge is 2.45. The summed E-state index contributed by atoms with van der Waals surface area (Å²) >= 11 is 0. The molecule has 5 atom stereocenters. The summed E-state index contributed by atoms with van der Waals surface area (Å²) in [5.74, 6) is -0.101. The quantitative estimate of drug-likeness (QED) is 0.346. The Bertz CT molecular complexity index is 1210. The van der Waals surface area contributed by atoms with E-state index in [0.717, 1.165) is 0 Å². The Hall–Kier alpha value is -2.95. The maximum Gasteiger partial charge on any atom is 0.197 e. The first-order chi connectivity index (χ1) is 15.1. The van der Waals surface area contributed by atoms with E-state index in [9.17, 15) is 35.4 Å². The normalized spacial score (nSPS) is 25.9. The van der Waals surface area contributed by atoms with Gasteiger partial charge < -0.3 is 39.8 Å². The Morgan fingerprint density at radius 2 is 1.59 bits per heavy atom. The summed E-state index contributed by atoms with van der Waals surface area (Å²) in [6.07, 6.45) is -7.18. The van der Waals surface area contributed by atoms with Crippen LogP contribution in [0.15, 0.2) is 39.5 Å². The number of hydrogen-bond donors (Lipinski definition) is 6. The summed E-state index contributed by atoms with van der Waals surface area (Å²) in [5, 5.41) is 60.7. The zero-order valence-electron chi connectivity index (χ0n) is 17.4. The number of rotatable bonds is 3. The van der Waals surface area contributed by atoms with Crippen molar-refractivity contribution in [1.29, 1.82) is 0 Å². The smallest absolute Gasteiger partial charge is 0.197 e.